The first-order chi connectivity index (χ1) is 10.2. The molecule has 0 saturated heterocycles. The van der Waals surface area contributed by atoms with E-state index in [-0.39, 0.29) is 5.78 Å². The zero-order chi connectivity index (χ0) is 14.4. The van der Waals surface area contributed by atoms with Crippen molar-refractivity contribution in [3.63, 3.8) is 0 Å². The number of Topliss-reactive ketones (excluding diaryl/α,β-unsaturated/α-hetero) is 1. The molecule has 0 amide bonds. The minimum absolute atomic E-state index is 0.0811. The van der Waals surface area contributed by atoms with Crippen LogP contribution in [0.15, 0.2) is 57.4 Å². The average molecular weight is 341 g/mol. The van der Waals surface area contributed by atoms with Crippen LogP contribution in [0.3, 0.4) is 0 Å². The second-order valence-corrected chi connectivity index (χ2v) is 6.35. The van der Waals surface area contributed by atoms with Gasteiger partial charge in [-0.15, -0.1) is 0 Å². The first kappa shape index (κ1) is 12.8. The molecule has 1 atom stereocenters. The van der Waals surface area contributed by atoms with Crippen LogP contribution >= 0.6 is 15.9 Å². The molecule has 0 aliphatic heterocycles. The van der Waals surface area contributed by atoms with Crippen LogP contribution in [0, 0.1) is 0 Å². The van der Waals surface area contributed by atoms with Crippen LogP contribution < -0.4 is 0 Å². The highest BCUT2D eigenvalue weighted by molar-refractivity contribution is 9.10. The van der Waals surface area contributed by atoms with Crippen LogP contribution in [0.25, 0.3) is 11.0 Å². The third-order valence-corrected chi connectivity index (χ3v) is 4.79. The molecule has 2 aromatic carbocycles. The first-order valence-electron chi connectivity index (χ1n) is 7.01. The van der Waals surface area contributed by atoms with Gasteiger partial charge in [-0.25, -0.2) is 0 Å². The summed E-state index contributed by atoms with van der Waals surface area (Å²) in [5.41, 5.74) is 3.42. The Hall–Kier alpha value is -1.87. The topological polar surface area (TPSA) is 30.2 Å². The largest absolute Gasteiger partial charge is 0.452 e. The number of furan rings is 1. The van der Waals surface area contributed by atoms with Crippen molar-refractivity contribution in [1.82, 2.24) is 0 Å². The van der Waals surface area contributed by atoms with Gasteiger partial charge in [-0.3, -0.25) is 4.79 Å². The lowest BCUT2D eigenvalue weighted by Crippen LogP contribution is -2.19. The molecule has 3 aromatic rings. The maximum absolute atomic E-state index is 12.4. The highest BCUT2D eigenvalue weighted by atomic mass is 79.9. The maximum atomic E-state index is 12.4. The molecule has 0 fully saturated rings. The van der Waals surface area contributed by atoms with Crippen molar-refractivity contribution >= 4 is 32.7 Å². The molecule has 1 unspecified atom stereocenters. The highest BCUT2D eigenvalue weighted by Crippen LogP contribution is 2.38. The van der Waals surface area contributed by atoms with Crippen LogP contribution in [0.2, 0.25) is 0 Å². The molecule has 0 spiro atoms. The molecule has 1 heterocycles. The first-order valence-corrected chi connectivity index (χ1v) is 7.81. The molecule has 21 heavy (non-hydrogen) atoms. The Morgan fingerprint density at radius 2 is 2.05 bits per heavy atom. The molecule has 3 heteroatoms. The third kappa shape index (κ3) is 2.12. The summed E-state index contributed by atoms with van der Waals surface area (Å²) in [6.07, 6.45) is 1.51. The lowest BCUT2D eigenvalue weighted by atomic mass is 9.75. The van der Waals surface area contributed by atoms with Crippen molar-refractivity contribution in [3.05, 3.63) is 69.9 Å². The normalized spacial score (nSPS) is 16.5. The Balaban J connectivity index is 1.59. The molecule has 4 rings (SSSR count). The molecule has 1 aliphatic carbocycles. The summed E-state index contributed by atoms with van der Waals surface area (Å²) in [5.74, 6) is 0.879. The fourth-order valence-electron chi connectivity index (χ4n) is 3.03. The van der Waals surface area contributed by atoms with Crippen LogP contribution in [0.1, 0.15) is 34.0 Å². The van der Waals surface area contributed by atoms with E-state index >= 15 is 0 Å². The predicted octanol–water partition coefficient (Wildman–Crippen LogP) is 5.11. The van der Waals surface area contributed by atoms with Crippen molar-refractivity contribution in [1.29, 1.82) is 0 Å². The summed E-state index contributed by atoms with van der Waals surface area (Å²) in [6.45, 7) is 0. The van der Waals surface area contributed by atoms with Crippen molar-refractivity contribution in [3.8, 4) is 0 Å². The molecule has 104 valence electrons. The number of ketones is 1. The minimum atomic E-state index is 0.0811. The number of carbonyl (C=O) groups is 1. The SMILES string of the molecule is O=C(CC1Cc2ccccc21)c1cc2cccc(Br)c2o1. The van der Waals surface area contributed by atoms with Gasteiger partial charge >= 0.3 is 0 Å². The average Bonchev–Trinajstić information content (AvgIpc) is 2.90. The Bertz CT molecular complexity index is 847. The summed E-state index contributed by atoms with van der Waals surface area (Å²) < 4.78 is 6.60. The van der Waals surface area contributed by atoms with Gasteiger partial charge in [-0.2, -0.15) is 0 Å². The number of rotatable bonds is 3. The lowest BCUT2D eigenvalue weighted by molar-refractivity contribution is 0.0945. The summed E-state index contributed by atoms with van der Waals surface area (Å²) in [4.78, 5) is 12.4. The van der Waals surface area contributed by atoms with Gasteiger partial charge in [-0.05, 0) is 51.5 Å². The Labute approximate surface area is 130 Å². The molecular formula is C18H13BrO2. The fourth-order valence-corrected chi connectivity index (χ4v) is 3.50. The van der Waals surface area contributed by atoms with E-state index < -0.39 is 0 Å². The summed E-state index contributed by atoms with van der Waals surface area (Å²) in [7, 11) is 0. The molecule has 1 aromatic heterocycles. The summed E-state index contributed by atoms with van der Waals surface area (Å²) >= 11 is 3.45. The van der Waals surface area contributed by atoms with E-state index in [1.807, 2.05) is 36.4 Å². The van der Waals surface area contributed by atoms with Crippen LogP contribution in [-0.4, -0.2) is 5.78 Å². The van der Waals surface area contributed by atoms with E-state index in [1.165, 1.54) is 11.1 Å². The van der Waals surface area contributed by atoms with Gasteiger partial charge in [0.15, 0.2) is 11.5 Å². The Morgan fingerprint density at radius 1 is 1.19 bits per heavy atom. The Morgan fingerprint density at radius 3 is 2.86 bits per heavy atom. The molecular weight excluding hydrogens is 328 g/mol. The molecule has 0 radical (unpaired) electrons. The van der Waals surface area contributed by atoms with E-state index in [9.17, 15) is 4.79 Å². The standard InChI is InChI=1S/C18H13BrO2/c19-15-7-3-5-12-10-17(21-18(12)15)16(20)9-13-8-11-4-1-2-6-14(11)13/h1-7,10,13H,8-9H2. The van der Waals surface area contributed by atoms with Gasteiger partial charge in [0.1, 0.15) is 5.58 Å². The number of hydrogen-bond acceptors (Lipinski definition) is 2. The van der Waals surface area contributed by atoms with Crippen molar-refractivity contribution in [2.75, 3.05) is 0 Å². The van der Waals surface area contributed by atoms with E-state index in [4.69, 9.17) is 4.42 Å². The van der Waals surface area contributed by atoms with Crippen LogP contribution in [0.5, 0.6) is 0 Å². The second-order valence-electron chi connectivity index (χ2n) is 5.50. The summed E-state index contributed by atoms with van der Waals surface area (Å²) in [5, 5.41) is 0.960. The van der Waals surface area contributed by atoms with E-state index in [0.29, 0.717) is 18.1 Å². The lowest BCUT2D eigenvalue weighted by Gasteiger charge is -2.29. The van der Waals surface area contributed by atoms with Gasteiger partial charge < -0.3 is 4.42 Å². The molecule has 0 bridgehead atoms. The van der Waals surface area contributed by atoms with Gasteiger partial charge in [0.2, 0.25) is 0 Å². The van der Waals surface area contributed by atoms with Gasteiger partial charge in [0.05, 0.1) is 4.47 Å². The van der Waals surface area contributed by atoms with Crippen molar-refractivity contribution in [2.45, 2.75) is 18.8 Å². The second kappa shape index (κ2) is 4.85. The van der Waals surface area contributed by atoms with E-state index in [2.05, 4.69) is 28.1 Å². The number of halogens is 1. The van der Waals surface area contributed by atoms with Crippen LogP contribution in [0.4, 0.5) is 0 Å². The zero-order valence-corrected chi connectivity index (χ0v) is 12.9. The maximum Gasteiger partial charge on any atom is 0.198 e. The quantitative estimate of drug-likeness (QED) is 0.620. The smallest absolute Gasteiger partial charge is 0.198 e. The van der Waals surface area contributed by atoms with Gasteiger partial charge in [0, 0.05) is 11.8 Å². The number of benzene rings is 2. The molecule has 2 nitrogen and oxygen atoms in total. The zero-order valence-electron chi connectivity index (χ0n) is 11.3. The molecule has 0 saturated carbocycles. The van der Waals surface area contributed by atoms with Crippen molar-refractivity contribution in [2.24, 2.45) is 0 Å². The number of fused-ring (bicyclic) bond motifs is 2. The number of carbonyl (C=O) groups excluding carboxylic acids is 1. The Kier molecular flexibility index (Phi) is 2.96. The minimum Gasteiger partial charge on any atom is -0.452 e. The van der Waals surface area contributed by atoms with E-state index in [1.54, 1.807) is 0 Å². The van der Waals surface area contributed by atoms with E-state index in [0.717, 1.165) is 21.9 Å². The highest BCUT2D eigenvalue weighted by Gasteiger charge is 2.28. The molecule has 1 aliphatic rings. The number of hydrogen-bond donors (Lipinski definition) is 0. The predicted molar refractivity (Wildman–Crippen MR) is 85.7 cm³/mol. The van der Waals surface area contributed by atoms with Crippen LogP contribution in [-0.2, 0) is 6.42 Å². The van der Waals surface area contributed by atoms with Gasteiger partial charge in [-0.1, -0.05) is 36.4 Å². The third-order valence-electron chi connectivity index (χ3n) is 4.16. The fraction of sp³-hybridized carbons (Fsp3) is 0.167. The van der Waals surface area contributed by atoms with Crippen molar-refractivity contribution < 1.29 is 9.21 Å². The number of para-hydroxylation sites is 1. The summed E-state index contributed by atoms with van der Waals surface area (Å²) in [6, 6.07) is 16.0. The monoisotopic (exact) mass is 340 g/mol. The van der Waals surface area contributed by atoms with Gasteiger partial charge in [0.25, 0.3) is 0 Å². The molecule has 0 N–H and O–H groups in total.